The van der Waals surface area contributed by atoms with Crippen molar-refractivity contribution in [2.45, 2.75) is 0 Å². The number of rotatable bonds is 1. The van der Waals surface area contributed by atoms with E-state index >= 15 is 0 Å². The van der Waals surface area contributed by atoms with E-state index in [4.69, 9.17) is 0 Å². The summed E-state index contributed by atoms with van der Waals surface area (Å²) in [5.74, 6) is 0. The predicted molar refractivity (Wildman–Crippen MR) is 15.2 cm³/mol. The molecule has 0 aliphatic carbocycles. The zero-order valence-corrected chi connectivity index (χ0v) is 6.90. The van der Waals surface area contributed by atoms with Gasteiger partial charge in [-0.25, -0.2) is 0 Å². The molecule has 0 amide bonds. The summed E-state index contributed by atoms with van der Waals surface area (Å²) >= 11 is 1.16. The molecule has 0 atom stereocenters. The second-order valence-corrected chi connectivity index (χ2v) is 1.63. The van der Waals surface area contributed by atoms with Gasteiger partial charge in [0, 0.05) is 21.7 Å². The Morgan fingerprint density at radius 1 is 1.83 bits per heavy atom. The summed E-state index contributed by atoms with van der Waals surface area (Å²) in [6.45, 7) is 3.22. The van der Waals surface area contributed by atoms with Crippen molar-refractivity contribution in [2.24, 2.45) is 0 Å². The van der Waals surface area contributed by atoms with Gasteiger partial charge in [0.2, 0.25) is 0 Å². The third-order valence-corrected chi connectivity index (χ3v) is 0.623. The van der Waals surface area contributed by atoms with Crippen LogP contribution >= 0.6 is 0 Å². The summed E-state index contributed by atoms with van der Waals surface area (Å²) in [7, 11) is 0. The first-order valence-electron chi connectivity index (χ1n) is 1.12. The molecule has 30 valence electrons. The number of allylic oxidation sites excluding steroid dienone is 1. The Labute approximate surface area is 64.0 Å². The summed E-state index contributed by atoms with van der Waals surface area (Å²) < 4.78 is 0.0685. The molecule has 0 aromatic carbocycles. The fourth-order valence-corrected chi connectivity index (χ4v) is 0. The van der Waals surface area contributed by atoms with E-state index in [0.29, 0.717) is 0 Å². The first kappa shape index (κ1) is 9.98. The number of hydrogen-bond donors (Lipinski definition) is 0. The molecule has 0 spiro atoms. The van der Waals surface area contributed by atoms with E-state index in [9.17, 15) is 4.79 Å². The van der Waals surface area contributed by atoms with Crippen LogP contribution in [0.15, 0.2) is 12.7 Å². The molecule has 0 N–H and O–H groups in total. The van der Waals surface area contributed by atoms with Crippen molar-refractivity contribution in [3.8, 4) is 0 Å². The fraction of sp³-hybridized carbons (Fsp3) is 0. The van der Waals surface area contributed by atoms with Crippen LogP contribution in [0.1, 0.15) is 0 Å². The van der Waals surface area contributed by atoms with Gasteiger partial charge < -0.3 is 0 Å². The van der Waals surface area contributed by atoms with Crippen LogP contribution in [0.25, 0.3) is 0 Å². The Morgan fingerprint density at radius 3 is 2.00 bits per heavy atom. The van der Waals surface area contributed by atoms with Gasteiger partial charge in [-0.2, -0.15) is 0 Å². The maximum atomic E-state index is 9.72. The van der Waals surface area contributed by atoms with E-state index in [2.05, 4.69) is 6.58 Å². The van der Waals surface area contributed by atoms with Crippen LogP contribution in [0.2, 0.25) is 0 Å². The molecule has 0 fully saturated rings. The van der Waals surface area contributed by atoms with Gasteiger partial charge in [-0.1, -0.05) is 0 Å². The second-order valence-electron chi connectivity index (χ2n) is 0.542. The molecule has 0 radical (unpaired) electrons. The zero-order valence-electron chi connectivity index (χ0n) is 3.14. The molecular weight excluding hydrogens is 193 g/mol. The molecule has 0 aliphatic rings. The molecule has 3 heteroatoms. The third-order valence-electron chi connectivity index (χ3n) is 0.175. The van der Waals surface area contributed by atoms with Crippen LogP contribution in [0, 0.1) is 0 Å². The van der Waals surface area contributed by atoms with Crippen LogP contribution in [0.5, 0.6) is 0 Å². The Balaban J connectivity index is 0. The van der Waals surface area contributed by atoms with Crippen molar-refractivity contribution in [3.05, 3.63) is 12.7 Å². The van der Waals surface area contributed by atoms with Crippen LogP contribution in [0.4, 0.5) is 0 Å². The minimum atomic E-state index is 0. The molecule has 0 saturated heterocycles. The van der Waals surface area contributed by atoms with Gasteiger partial charge in [0.05, 0.1) is 0 Å². The maximum Gasteiger partial charge on any atom is 0 e. The quantitative estimate of drug-likeness (QED) is 0.433. The van der Waals surface area contributed by atoms with E-state index in [1.165, 1.54) is 6.08 Å². The summed E-state index contributed by atoms with van der Waals surface area (Å²) in [6.07, 6.45) is 1.30. The number of carbonyl (C=O) groups is 1. The minimum absolute atomic E-state index is 0. The van der Waals surface area contributed by atoms with Crippen LogP contribution in [-0.2, 0) is 47.6 Å². The molecule has 0 saturated carbocycles. The van der Waals surface area contributed by atoms with Crippen molar-refractivity contribution in [2.75, 3.05) is 0 Å². The van der Waals surface area contributed by atoms with E-state index in [1.807, 2.05) is 0 Å². The molecule has 0 unspecified atom stereocenters. The molecule has 1 nitrogen and oxygen atoms in total. The van der Waals surface area contributed by atoms with Gasteiger partial charge in [-0.3, -0.25) is 0 Å². The van der Waals surface area contributed by atoms with Crippen LogP contribution < -0.4 is 0 Å². The minimum Gasteiger partial charge on any atom is 0 e. The molecule has 0 aromatic rings. The van der Waals surface area contributed by atoms with Crippen LogP contribution in [-0.4, -0.2) is 4.00 Å². The summed E-state index contributed by atoms with van der Waals surface area (Å²) in [4.78, 5) is 9.72. The smallest absolute Gasteiger partial charge is 0 e. The van der Waals surface area contributed by atoms with Gasteiger partial charge in [0.1, 0.15) is 0 Å². The fourth-order valence-electron chi connectivity index (χ4n) is 0. The number of hydrogen-bond acceptors (Lipinski definition) is 1. The Hall–Kier alpha value is 0.865. The zero-order chi connectivity index (χ0) is 4.28. The van der Waals surface area contributed by atoms with E-state index < -0.39 is 0 Å². The Kier molecular flexibility index (Phi) is 9.75. The molecular formula is C3H3NbOTi. The third kappa shape index (κ3) is 8.85. The van der Waals surface area contributed by atoms with Crippen LogP contribution in [0.3, 0.4) is 0 Å². The van der Waals surface area contributed by atoms with Gasteiger partial charge in [-0.15, -0.1) is 0 Å². The topological polar surface area (TPSA) is 17.1 Å². The standard InChI is InChI=1S/C3H3O.Nb.Ti/c1-2-3-4;;/h2H,1H2;;. The maximum absolute atomic E-state index is 9.72. The normalized spacial score (nSPS) is 5.33. The van der Waals surface area contributed by atoms with E-state index in [-0.39, 0.29) is 25.7 Å². The Morgan fingerprint density at radius 2 is 2.00 bits per heavy atom. The van der Waals surface area contributed by atoms with Crippen molar-refractivity contribution in [3.63, 3.8) is 0 Å². The molecule has 0 aliphatic heterocycles. The first-order chi connectivity index (χ1) is 2.27. The monoisotopic (exact) mass is 196 g/mol. The van der Waals surface area contributed by atoms with Crippen molar-refractivity contribution >= 4 is 4.00 Å². The summed E-state index contributed by atoms with van der Waals surface area (Å²) in [5.41, 5.74) is 0. The van der Waals surface area contributed by atoms with Crippen molar-refractivity contribution in [1.29, 1.82) is 0 Å². The number of carbonyl (C=O) groups excluding carboxylic acids is 1. The predicted octanol–water partition coefficient (Wildman–Crippen LogP) is 0.243. The van der Waals surface area contributed by atoms with Gasteiger partial charge in [-0.05, 0) is 0 Å². The van der Waals surface area contributed by atoms with E-state index in [1.54, 1.807) is 0 Å². The first-order valence-corrected chi connectivity index (χ1v) is 2.22. The summed E-state index contributed by atoms with van der Waals surface area (Å²) in [5, 5.41) is 0. The average molecular weight is 196 g/mol. The van der Waals surface area contributed by atoms with Gasteiger partial charge in [0.25, 0.3) is 0 Å². The summed E-state index contributed by atoms with van der Waals surface area (Å²) in [6, 6.07) is 0. The largest absolute Gasteiger partial charge is 0 e. The second kappa shape index (κ2) is 5.86. The molecule has 0 aromatic heterocycles. The molecule has 6 heavy (non-hydrogen) atoms. The average Bonchev–Trinajstić information content (AvgIpc) is 1.38. The Bertz CT molecular complexity index is 61.8. The van der Waals surface area contributed by atoms with Gasteiger partial charge >= 0.3 is 42.5 Å². The SMILES string of the molecule is C=C[C](=O)[Nb].[Ti]. The van der Waals surface area contributed by atoms with Gasteiger partial charge in [0.15, 0.2) is 0 Å². The van der Waals surface area contributed by atoms with Crippen molar-refractivity contribution in [1.82, 2.24) is 0 Å². The van der Waals surface area contributed by atoms with E-state index in [0.717, 1.165) is 21.1 Å². The van der Waals surface area contributed by atoms with Crippen molar-refractivity contribution < 1.29 is 47.6 Å². The molecule has 0 rings (SSSR count). The molecule has 0 bridgehead atoms. The molecule has 0 heterocycles.